The van der Waals surface area contributed by atoms with Gasteiger partial charge in [0.1, 0.15) is 5.82 Å². The molecule has 1 rings (SSSR count). The van der Waals surface area contributed by atoms with Crippen LogP contribution in [0.2, 0.25) is 0 Å². The number of aromatic carboxylic acids is 1. The minimum Gasteiger partial charge on any atom is -0.478 e. The Morgan fingerprint density at radius 1 is 1.29 bits per heavy atom. The molecule has 8 heteroatoms. The third-order valence-corrected chi connectivity index (χ3v) is 2.42. The van der Waals surface area contributed by atoms with Crippen LogP contribution >= 0.6 is 0 Å². The number of carboxylic acids is 1. The molecule has 0 unspecified atom stereocenters. The number of urea groups is 1. The molecule has 7 nitrogen and oxygen atoms in total. The van der Waals surface area contributed by atoms with Crippen molar-refractivity contribution in [1.82, 2.24) is 5.32 Å². The maximum Gasteiger partial charge on any atom is 0.338 e. The topological polar surface area (TPSA) is 96.9 Å². The van der Waals surface area contributed by atoms with E-state index in [-0.39, 0.29) is 12.2 Å². The Morgan fingerprint density at radius 2 is 2.05 bits per heavy atom. The number of carbonyl (C=O) groups is 2. The quantitative estimate of drug-likeness (QED) is 0.629. The average molecular weight is 300 g/mol. The smallest absolute Gasteiger partial charge is 0.338 e. The van der Waals surface area contributed by atoms with Crippen LogP contribution in [0.15, 0.2) is 18.2 Å². The number of carboxylic acid groups (broad SMARTS) is 1. The van der Waals surface area contributed by atoms with E-state index in [0.717, 1.165) is 12.1 Å². The van der Waals surface area contributed by atoms with Gasteiger partial charge in [-0.05, 0) is 18.2 Å². The molecular formula is C13H17FN2O5. The first-order valence-electron chi connectivity index (χ1n) is 6.19. The summed E-state index contributed by atoms with van der Waals surface area (Å²) in [6, 6.07) is 2.80. The number of amides is 2. The number of hydrogen-bond donors (Lipinski definition) is 3. The van der Waals surface area contributed by atoms with Crippen LogP contribution in [0.25, 0.3) is 0 Å². The van der Waals surface area contributed by atoms with Crippen molar-refractivity contribution >= 4 is 17.7 Å². The Kier molecular flexibility index (Phi) is 7.13. The maximum absolute atomic E-state index is 13.4. The molecule has 0 aromatic heterocycles. The summed E-state index contributed by atoms with van der Waals surface area (Å²) >= 11 is 0. The van der Waals surface area contributed by atoms with Gasteiger partial charge in [0.25, 0.3) is 0 Å². The minimum absolute atomic E-state index is 0.162. The fourth-order valence-corrected chi connectivity index (χ4v) is 1.42. The van der Waals surface area contributed by atoms with Gasteiger partial charge in [0.2, 0.25) is 0 Å². The molecule has 0 aliphatic rings. The van der Waals surface area contributed by atoms with Crippen LogP contribution in [-0.4, -0.2) is 50.6 Å². The van der Waals surface area contributed by atoms with Crippen LogP contribution in [0.5, 0.6) is 0 Å². The molecule has 0 aliphatic heterocycles. The van der Waals surface area contributed by atoms with E-state index in [1.54, 1.807) is 7.11 Å². The van der Waals surface area contributed by atoms with Crippen LogP contribution in [0.3, 0.4) is 0 Å². The highest BCUT2D eigenvalue weighted by Gasteiger charge is 2.11. The predicted molar refractivity (Wildman–Crippen MR) is 73.1 cm³/mol. The number of nitrogens with one attached hydrogen (secondary N) is 2. The van der Waals surface area contributed by atoms with Gasteiger partial charge in [0.05, 0.1) is 25.4 Å². The molecule has 0 saturated carbocycles. The number of hydrogen-bond acceptors (Lipinski definition) is 4. The van der Waals surface area contributed by atoms with E-state index in [0.29, 0.717) is 19.8 Å². The Bertz CT molecular complexity index is 495. The second-order valence-corrected chi connectivity index (χ2v) is 3.99. The lowest BCUT2D eigenvalue weighted by Crippen LogP contribution is -2.31. The van der Waals surface area contributed by atoms with E-state index < -0.39 is 23.4 Å². The van der Waals surface area contributed by atoms with Crippen LogP contribution in [0, 0.1) is 5.82 Å². The zero-order valence-electron chi connectivity index (χ0n) is 11.5. The van der Waals surface area contributed by atoms with Crippen molar-refractivity contribution in [3.63, 3.8) is 0 Å². The monoisotopic (exact) mass is 300 g/mol. The predicted octanol–water partition coefficient (Wildman–Crippen LogP) is 1.31. The first-order valence-corrected chi connectivity index (χ1v) is 6.19. The third kappa shape index (κ3) is 6.19. The fraction of sp³-hybridized carbons (Fsp3) is 0.385. The molecule has 0 fully saturated rings. The second-order valence-electron chi connectivity index (χ2n) is 3.99. The van der Waals surface area contributed by atoms with Gasteiger partial charge in [-0.15, -0.1) is 0 Å². The van der Waals surface area contributed by atoms with Crippen molar-refractivity contribution < 1.29 is 28.6 Å². The van der Waals surface area contributed by atoms with E-state index >= 15 is 0 Å². The summed E-state index contributed by atoms with van der Waals surface area (Å²) < 4.78 is 23.3. The first-order chi connectivity index (χ1) is 10.0. The van der Waals surface area contributed by atoms with Gasteiger partial charge in [0.15, 0.2) is 0 Å². The van der Waals surface area contributed by atoms with E-state index in [1.165, 1.54) is 6.07 Å². The third-order valence-electron chi connectivity index (χ3n) is 2.42. The lowest BCUT2D eigenvalue weighted by Gasteiger charge is -2.08. The Balaban J connectivity index is 2.34. The maximum atomic E-state index is 13.4. The molecule has 21 heavy (non-hydrogen) atoms. The fourth-order valence-electron chi connectivity index (χ4n) is 1.42. The van der Waals surface area contributed by atoms with Crippen molar-refractivity contribution in [3.05, 3.63) is 29.6 Å². The van der Waals surface area contributed by atoms with Crippen LogP contribution in [-0.2, 0) is 9.47 Å². The summed E-state index contributed by atoms with van der Waals surface area (Å²) in [7, 11) is 1.56. The van der Waals surface area contributed by atoms with Crippen LogP contribution in [0.1, 0.15) is 10.4 Å². The molecule has 0 radical (unpaired) electrons. The number of halogens is 1. The van der Waals surface area contributed by atoms with Gasteiger partial charge in [-0.3, -0.25) is 0 Å². The Labute approximate surface area is 121 Å². The van der Waals surface area contributed by atoms with E-state index in [1.807, 2.05) is 0 Å². The molecule has 3 N–H and O–H groups in total. The first kappa shape index (κ1) is 16.9. The van der Waals surface area contributed by atoms with Gasteiger partial charge in [-0.25, -0.2) is 14.0 Å². The second kappa shape index (κ2) is 8.88. The average Bonchev–Trinajstić information content (AvgIpc) is 2.42. The number of benzene rings is 1. The van der Waals surface area contributed by atoms with E-state index in [9.17, 15) is 14.0 Å². The molecular weight excluding hydrogens is 283 g/mol. The number of ether oxygens (including phenoxy) is 2. The summed E-state index contributed by atoms with van der Waals surface area (Å²) in [5.41, 5.74) is -0.289. The Hall–Kier alpha value is -2.19. The van der Waals surface area contributed by atoms with Crippen LogP contribution < -0.4 is 10.6 Å². The summed E-state index contributed by atoms with van der Waals surface area (Å²) in [5.74, 6) is -2.28. The molecule has 0 heterocycles. The molecule has 1 aromatic rings. The molecule has 0 saturated heterocycles. The Morgan fingerprint density at radius 3 is 2.67 bits per heavy atom. The summed E-state index contributed by atoms with van der Waals surface area (Å²) in [6.45, 7) is 1.51. The van der Waals surface area contributed by atoms with Gasteiger partial charge < -0.3 is 25.2 Å². The highest BCUT2D eigenvalue weighted by molar-refractivity contribution is 5.91. The van der Waals surface area contributed by atoms with Crippen molar-refractivity contribution in [1.29, 1.82) is 0 Å². The van der Waals surface area contributed by atoms with Gasteiger partial charge in [-0.1, -0.05) is 0 Å². The summed E-state index contributed by atoms with van der Waals surface area (Å²) in [4.78, 5) is 22.1. The van der Waals surface area contributed by atoms with Gasteiger partial charge >= 0.3 is 12.0 Å². The van der Waals surface area contributed by atoms with Crippen molar-refractivity contribution in [2.75, 3.05) is 38.8 Å². The molecule has 0 atom stereocenters. The molecule has 2 amide bonds. The number of anilines is 1. The standard InChI is InChI=1S/C13H17FN2O5/c1-20-6-7-21-5-4-15-13(19)16-9-2-3-10(12(17)18)11(14)8-9/h2-3,8H,4-7H2,1H3,(H,17,18)(H2,15,16,19). The summed E-state index contributed by atoms with van der Waals surface area (Å²) in [5, 5.41) is 13.6. The number of carbonyl (C=O) groups excluding carboxylic acids is 1. The number of methoxy groups -OCH3 is 1. The lowest BCUT2D eigenvalue weighted by atomic mass is 10.2. The molecule has 116 valence electrons. The lowest BCUT2D eigenvalue weighted by molar-refractivity contribution is 0.0692. The van der Waals surface area contributed by atoms with E-state index in [4.69, 9.17) is 14.6 Å². The zero-order valence-corrected chi connectivity index (χ0v) is 11.5. The molecule has 0 bridgehead atoms. The normalized spacial score (nSPS) is 10.2. The zero-order chi connectivity index (χ0) is 15.7. The van der Waals surface area contributed by atoms with Crippen molar-refractivity contribution in [2.45, 2.75) is 0 Å². The molecule has 1 aromatic carbocycles. The highest BCUT2D eigenvalue weighted by Crippen LogP contribution is 2.14. The number of rotatable bonds is 8. The largest absolute Gasteiger partial charge is 0.478 e. The molecule has 0 spiro atoms. The molecule has 0 aliphatic carbocycles. The SMILES string of the molecule is COCCOCCNC(=O)Nc1ccc(C(=O)O)c(F)c1. The van der Waals surface area contributed by atoms with Crippen molar-refractivity contribution in [2.24, 2.45) is 0 Å². The highest BCUT2D eigenvalue weighted by atomic mass is 19.1. The van der Waals surface area contributed by atoms with Crippen LogP contribution in [0.4, 0.5) is 14.9 Å². The van der Waals surface area contributed by atoms with Gasteiger partial charge in [0, 0.05) is 19.3 Å². The van der Waals surface area contributed by atoms with Crippen molar-refractivity contribution in [3.8, 4) is 0 Å². The summed E-state index contributed by atoms with van der Waals surface area (Å²) in [6.07, 6.45) is 0. The van der Waals surface area contributed by atoms with Gasteiger partial charge in [-0.2, -0.15) is 0 Å². The van der Waals surface area contributed by atoms with E-state index in [2.05, 4.69) is 10.6 Å². The minimum atomic E-state index is -1.36.